The highest BCUT2D eigenvalue weighted by atomic mass is 32.1. The number of nitrogens with zero attached hydrogens (tertiary/aromatic N) is 5. The molecule has 0 N–H and O–H groups in total. The molecule has 0 unspecified atom stereocenters. The first kappa shape index (κ1) is 21.8. The average molecular weight is 480 g/mol. The summed E-state index contributed by atoms with van der Waals surface area (Å²) in [6.07, 6.45) is -2.02. The SMILES string of the molecule is FC(F)(F)c1cccc(CN2CCN(Cn3nc(-c4cccs4)n(C4CC4)c3=S)CC2)c1. The molecule has 5 rings (SSSR count). The van der Waals surface area contributed by atoms with Crippen molar-refractivity contribution in [3.05, 3.63) is 57.7 Å². The van der Waals surface area contributed by atoms with Gasteiger partial charge < -0.3 is 0 Å². The van der Waals surface area contributed by atoms with Gasteiger partial charge in [0.15, 0.2) is 10.6 Å². The lowest BCUT2D eigenvalue weighted by molar-refractivity contribution is -0.137. The average Bonchev–Trinajstić information content (AvgIpc) is 3.34. The van der Waals surface area contributed by atoms with E-state index in [2.05, 4.69) is 25.8 Å². The number of hydrogen-bond acceptors (Lipinski definition) is 5. The van der Waals surface area contributed by atoms with Crippen LogP contribution in [0.3, 0.4) is 0 Å². The monoisotopic (exact) mass is 479 g/mol. The van der Waals surface area contributed by atoms with Crippen molar-refractivity contribution in [3.63, 3.8) is 0 Å². The molecular formula is C22H24F3N5S2. The fourth-order valence-corrected chi connectivity index (χ4v) is 5.17. The van der Waals surface area contributed by atoms with Gasteiger partial charge in [0.2, 0.25) is 0 Å². The molecule has 3 aromatic rings. The highest BCUT2D eigenvalue weighted by Gasteiger charge is 2.31. The molecule has 32 heavy (non-hydrogen) atoms. The zero-order valence-electron chi connectivity index (χ0n) is 17.5. The maximum Gasteiger partial charge on any atom is 0.416 e. The third-order valence-electron chi connectivity index (χ3n) is 5.98. The van der Waals surface area contributed by atoms with E-state index in [4.69, 9.17) is 17.3 Å². The van der Waals surface area contributed by atoms with Crippen molar-refractivity contribution in [2.75, 3.05) is 26.2 Å². The Labute approximate surface area is 193 Å². The molecule has 2 aromatic heterocycles. The zero-order chi connectivity index (χ0) is 22.3. The van der Waals surface area contributed by atoms with Gasteiger partial charge in [0.1, 0.15) is 0 Å². The Kier molecular flexibility index (Phi) is 5.96. The number of piperazine rings is 1. The van der Waals surface area contributed by atoms with Gasteiger partial charge in [-0.2, -0.15) is 13.2 Å². The van der Waals surface area contributed by atoms with Crippen LogP contribution in [-0.2, 0) is 19.4 Å². The quantitative estimate of drug-likeness (QED) is 0.451. The van der Waals surface area contributed by atoms with E-state index in [-0.39, 0.29) is 0 Å². The standard InChI is InChI=1S/C22H24F3N5S2/c23-22(24,25)17-4-1-3-16(13-17)14-27-8-10-28(11-9-27)15-29-21(31)30(18-6-7-18)20(26-29)19-5-2-12-32-19/h1-5,12-13,18H,6-11,14-15H2. The molecule has 1 aromatic carbocycles. The van der Waals surface area contributed by atoms with E-state index < -0.39 is 11.7 Å². The molecule has 1 saturated heterocycles. The van der Waals surface area contributed by atoms with Gasteiger partial charge in [-0.25, -0.2) is 4.68 Å². The molecule has 0 atom stereocenters. The van der Waals surface area contributed by atoms with Crippen LogP contribution in [0.1, 0.15) is 30.0 Å². The van der Waals surface area contributed by atoms with Crippen LogP contribution < -0.4 is 0 Å². The molecule has 10 heteroatoms. The number of halogens is 3. The number of aromatic nitrogens is 3. The highest BCUT2D eigenvalue weighted by Crippen LogP contribution is 2.39. The first-order valence-electron chi connectivity index (χ1n) is 10.7. The second-order valence-electron chi connectivity index (χ2n) is 8.42. The molecule has 170 valence electrons. The predicted molar refractivity (Wildman–Crippen MR) is 121 cm³/mol. The van der Waals surface area contributed by atoms with Gasteiger partial charge in [-0.15, -0.1) is 16.4 Å². The molecule has 0 spiro atoms. The number of rotatable bonds is 6. The van der Waals surface area contributed by atoms with Gasteiger partial charge in [0, 0.05) is 38.8 Å². The molecule has 0 radical (unpaired) electrons. The minimum atomic E-state index is -4.31. The van der Waals surface area contributed by atoms with Gasteiger partial charge in [0.25, 0.3) is 0 Å². The molecule has 1 aliphatic heterocycles. The van der Waals surface area contributed by atoms with Gasteiger partial charge in [-0.1, -0.05) is 24.3 Å². The number of thiophene rings is 1. The zero-order valence-corrected chi connectivity index (χ0v) is 19.1. The highest BCUT2D eigenvalue weighted by molar-refractivity contribution is 7.71. The molecule has 2 aliphatic rings. The summed E-state index contributed by atoms with van der Waals surface area (Å²) in [4.78, 5) is 5.64. The van der Waals surface area contributed by atoms with E-state index in [9.17, 15) is 13.2 Å². The lowest BCUT2D eigenvalue weighted by Gasteiger charge is -2.34. The van der Waals surface area contributed by atoms with Crippen LogP contribution in [0.25, 0.3) is 10.7 Å². The fraction of sp³-hybridized carbons (Fsp3) is 0.455. The Morgan fingerprint density at radius 1 is 1.03 bits per heavy atom. The molecule has 0 bridgehead atoms. The largest absolute Gasteiger partial charge is 0.416 e. The third kappa shape index (κ3) is 4.68. The van der Waals surface area contributed by atoms with E-state index in [1.807, 2.05) is 10.7 Å². The first-order chi connectivity index (χ1) is 15.4. The van der Waals surface area contributed by atoms with Crippen LogP contribution in [0.5, 0.6) is 0 Å². The second kappa shape index (κ2) is 8.74. The second-order valence-corrected chi connectivity index (χ2v) is 9.73. The Morgan fingerprint density at radius 3 is 2.44 bits per heavy atom. The minimum Gasteiger partial charge on any atom is -0.297 e. The molecular weight excluding hydrogens is 455 g/mol. The Bertz CT molecular complexity index is 1120. The maximum atomic E-state index is 13.0. The third-order valence-corrected chi connectivity index (χ3v) is 7.26. The summed E-state index contributed by atoms with van der Waals surface area (Å²) in [5, 5.41) is 6.90. The summed E-state index contributed by atoms with van der Waals surface area (Å²) in [6.45, 7) is 4.40. The first-order valence-corrected chi connectivity index (χ1v) is 12.0. The van der Waals surface area contributed by atoms with Crippen molar-refractivity contribution in [1.82, 2.24) is 24.1 Å². The van der Waals surface area contributed by atoms with Crippen molar-refractivity contribution in [3.8, 4) is 10.7 Å². The molecule has 1 aliphatic carbocycles. The molecule has 3 heterocycles. The van der Waals surface area contributed by atoms with Crippen LogP contribution >= 0.6 is 23.6 Å². The summed E-state index contributed by atoms with van der Waals surface area (Å²) in [5.74, 6) is 0.954. The van der Waals surface area contributed by atoms with Gasteiger partial charge in [0.05, 0.1) is 17.1 Å². The van der Waals surface area contributed by atoms with Crippen LogP contribution in [0.4, 0.5) is 13.2 Å². The van der Waals surface area contributed by atoms with Gasteiger partial charge in [-0.05, 0) is 48.1 Å². The summed E-state index contributed by atoms with van der Waals surface area (Å²) < 4.78 is 43.8. The Morgan fingerprint density at radius 2 is 1.78 bits per heavy atom. The van der Waals surface area contributed by atoms with Crippen LogP contribution in [-0.4, -0.2) is 50.3 Å². The topological polar surface area (TPSA) is 29.2 Å². The number of benzene rings is 1. The summed E-state index contributed by atoms with van der Waals surface area (Å²) >= 11 is 7.44. The van der Waals surface area contributed by atoms with Crippen LogP contribution in [0, 0.1) is 4.77 Å². The number of alkyl halides is 3. The Balaban J connectivity index is 1.23. The van der Waals surface area contributed by atoms with Gasteiger partial charge in [-0.3, -0.25) is 14.4 Å². The molecule has 2 fully saturated rings. The van der Waals surface area contributed by atoms with Crippen molar-refractivity contribution in [2.45, 2.75) is 38.3 Å². The lowest BCUT2D eigenvalue weighted by Crippen LogP contribution is -2.46. The lowest BCUT2D eigenvalue weighted by atomic mass is 10.1. The van der Waals surface area contributed by atoms with Crippen LogP contribution in [0.2, 0.25) is 0 Å². The molecule has 5 nitrogen and oxygen atoms in total. The van der Waals surface area contributed by atoms with Crippen LogP contribution in [0.15, 0.2) is 41.8 Å². The fourth-order valence-electron chi connectivity index (χ4n) is 4.13. The van der Waals surface area contributed by atoms with Crippen molar-refractivity contribution in [1.29, 1.82) is 0 Å². The smallest absolute Gasteiger partial charge is 0.297 e. The van der Waals surface area contributed by atoms with Crippen molar-refractivity contribution < 1.29 is 13.2 Å². The van der Waals surface area contributed by atoms with E-state index in [0.29, 0.717) is 24.8 Å². The summed E-state index contributed by atoms with van der Waals surface area (Å²) in [7, 11) is 0. The molecule has 0 amide bonds. The van der Waals surface area contributed by atoms with Gasteiger partial charge >= 0.3 is 6.18 Å². The predicted octanol–water partition coefficient (Wildman–Crippen LogP) is 5.27. The van der Waals surface area contributed by atoms with Crippen molar-refractivity contribution >= 4 is 23.6 Å². The summed E-state index contributed by atoms with van der Waals surface area (Å²) in [5.41, 5.74) is 0.107. The minimum absolute atomic E-state index is 0.456. The maximum absolute atomic E-state index is 13.0. The summed E-state index contributed by atoms with van der Waals surface area (Å²) in [6, 6.07) is 10.2. The van der Waals surface area contributed by atoms with Crippen molar-refractivity contribution in [2.24, 2.45) is 0 Å². The normalized spacial score (nSPS) is 18.3. The van der Waals surface area contributed by atoms with E-state index in [0.717, 1.165) is 60.6 Å². The molecule has 1 saturated carbocycles. The van der Waals surface area contributed by atoms with E-state index in [1.165, 1.54) is 12.1 Å². The van der Waals surface area contributed by atoms with E-state index >= 15 is 0 Å². The van der Waals surface area contributed by atoms with E-state index in [1.54, 1.807) is 17.4 Å². The Hall–Kier alpha value is -2.01. The number of hydrogen-bond donors (Lipinski definition) is 0.